The van der Waals surface area contributed by atoms with Crippen molar-refractivity contribution < 1.29 is 0 Å². The summed E-state index contributed by atoms with van der Waals surface area (Å²) < 4.78 is 2.37. The Morgan fingerprint density at radius 1 is 1.17 bits per heavy atom. The van der Waals surface area contributed by atoms with Crippen molar-refractivity contribution in [2.75, 3.05) is 30.4 Å². The third-order valence-electron chi connectivity index (χ3n) is 6.10. The zero-order chi connectivity index (χ0) is 20.7. The van der Waals surface area contributed by atoms with Crippen molar-refractivity contribution in [3.8, 4) is 0 Å². The minimum atomic E-state index is 0.522. The number of pyridine rings is 1. The van der Waals surface area contributed by atoms with Crippen molar-refractivity contribution >= 4 is 40.1 Å². The number of aromatic nitrogens is 3. The lowest BCUT2D eigenvalue weighted by Gasteiger charge is -2.31. The van der Waals surface area contributed by atoms with Gasteiger partial charge in [-0.2, -0.15) is 0 Å². The SMILES string of the molecule is CCC(CC)c1ccc(Cl)c2nc3n(c12)CCCN3c1cnc(N(C)C)cc1C. The predicted molar refractivity (Wildman–Crippen MR) is 123 cm³/mol. The van der Waals surface area contributed by atoms with Crippen LogP contribution in [0.25, 0.3) is 11.0 Å². The van der Waals surface area contributed by atoms with Crippen LogP contribution in [-0.4, -0.2) is 35.2 Å². The highest BCUT2D eigenvalue weighted by Gasteiger charge is 2.27. The molecular weight excluding hydrogens is 382 g/mol. The number of fused-ring (bicyclic) bond motifs is 3. The molecule has 0 radical (unpaired) electrons. The van der Waals surface area contributed by atoms with Crippen LogP contribution >= 0.6 is 11.6 Å². The van der Waals surface area contributed by atoms with Gasteiger partial charge in [-0.3, -0.25) is 0 Å². The summed E-state index contributed by atoms with van der Waals surface area (Å²) in [6.45, 7) is 8.57. The third kappa shape index (κ3) is 3.35. The molecule has 0 saturated heterocycles. The third-order valence-corrected chi connectivity index (χ3v) is 6.41. The maximum atomic E-state index is 6.61. The largest absolute Gasteiger partial charge is 0.363 e. The number of imidazole rings is 1. The lowest BCUT2D eigenvalue weighted by Crippen LogP contribution is -2.29. The average Bonchev–Trinajstić information content (AvgIpc) is 3.11. The summed E-state index contributed by atoms with van der Waals surface area (Å²) in [5.41, 5.74) is 5.82. The summed E-state index contributed by atoms with van der Waals surface area (Å²) in [6.07, 6.45) is 5.28. The second-order valence-corrected chi connectivity index (χ2v) is 8.55. The number of anilines is 3. The molecule has 0 fully saturated rings. The first kappa shape index (κ1) is 20.0. The minimum absolute atomic E-state index is 0.522. The van der Waals surface area contributed by atoms with Crippen LogP contribution in [0, 0.1) is 6.92 Å². The fraction of sp³-hybridized carbons (Fsp3) is 0.478. The summed E-state index contributed by atoms with van der Waals surface area (Å²) in [7, 11) is 4.03. The lowest BCUT2D eigenvalue weighted by molar-refractivity contribution is 0.594. The second-order valence-electron chi connectivity index (χ2n) is 8.14. The van der Waals surface area contributed by atoms with Gasteiger partial charge in [0.15, 0.2) is 0 Å². The summed E-state index contributed by atoms with van der Waals surface area (Å²) in [6, 6.07) is 6.36. The average molecular weight is 412 g/mol. The van der Waals surface area contributed by atoms with E-state index in [4.69, 9.17) is 16.6 Å². The first-order chi connectivity index (χ1) is 14.0. The molecule has 0 atom stereocenters. The number of aryl methyl sites for hydroxylation is 2. The Morgan fingerprint density at radius 3 is 2.59 bits per heavy atom. The number of benzene rings is 1. The molecule has 3 aromatic rings. The molecule has 0 unspecified atom stereocenters. The van der Waals surface area contributed by atoms with Crippen molar-refractivity contribution in [2.24, 2.45) is 0 Å². The number of hydrogen-bond acceptors (Lipinski definition) is 4. The normalized spacial score (nSPS) is 14.0. The zero-order valence-corrected chi connectivity index (χ0v) is 18.8. The van der Waals surface area contributed by atoms with E-state index in [0.717, 1.165) is 60.3 Å². The summed E-state index contributed by atoms with van der Waals surface area (Å²) in [5.74, 6) is 2.47. The maximum Gasteiger partial charge on any atom is 0.211 e. The Morgan fingerprint density at radius 2 is 1.93 bits per heavy atom. The standard InChI is InChI=1S/C23H30ClN5/c1-6-16(7-2)17-9-10-18(24)21-22(17)29-12-8-11-28(23(29)26-21)19-14-25-20(27(4)5)13-15(19)3/h9-10,13-14,16H,6-8,11-12H2,1-5H3. The van der Waals surface area contributed by atoms with Crippen molar-refractivity contribution in [1.82, 2.24) is 14.5 Å². The number of rotatable bonds is 5. The lowest BCUT2D eigenvalue weighted by atomic mass is 9.93. The quantitative estimate of drug-likeness (QED) is 0.523. The minimum Gasteiger partial charge on any atom is -0.363 e. The molecule has 4 rings (SSSR count). The number of hydrogen-bond donors (Lipinski definition) is 0. The van der Waals surface area contributed by atoms with E-state index in [1.807, 2.05) is 31.3 Å². The van der Waals surface area contributed by atoms with Crippen molar-refractivity contribution in [1.29, 1.82) is 0 Å². The van der Waals surface area contributed by atoms with Crippen LogP contribution in [0.4, 0.5) is 17.5 Å². The highest BCUT2D eigenvalue weighted by molar-refractivity contribution is 6.35. The molecule has 5 nitrogen and oxygen atoms in total. The molecule has 154 valence electrons. The van der Waals surface area contributed by atoms with E-state index in [1.54, 1.807) is 0 Å². The molecule has 1 aromatic carbocycles. The smallest absolute Gasteiger partial charge is 0.211 e. The van der Waals surface area contributed by atoms with E-state index in [0.29, 0.717) is 5.92 Å². The van der Waals surface area contributed by atoms with E-state index in [9.17, 15) is 0 Å². The Bertz CT molecular complexity index is 1040. The van der Waals surface area contributed by atoms with Gasteiger partial charge in [0.2, 0.25) is 5.95 Å². The van der Waals surface area contributed by atoms with Crippen LogP contribution in [-0.2, 0) is 6.54 Å². The van der Waals surface area contributed by atoms with Gasteiger partial charge in [0.05, 0.1) is 22.4 Å². The van der Waals surface area contributed by atoms with E-state index < -0.39 is 0 Å². The zero-order valence-electron chi connectivity index (χ0n) is 18.0. The predicted octanol–water partition coefficient (Wildman–Crippen LogP) is 5.90. The highest BCUT2D eigenvalue weighted by Crippen LogP contribution is 2.40. The monoisotopic (exact) mass is 411 g/mol. The fourth-order valence-electron chi connectivity index (χ4n) is 4.47. The van der Waals surface area contributed by atoms with Gasteiger partial charge >= 0.3 is 0 Å². The van der Waals surface area contributed by atoms with Crippen LogP contribution < -0.4 is 9.80 Å². The van der Waals surface area contributed by atoms with Crippen molar-refractivity contribution in [3.63, 3.8) is 0 Å². The highest BCUT2D eigenvalue weighted by atomic mass is 35.5. The van der Waals surface area contributed by atoms with Crippen LogP contribution in [0.15, 0.2) is 24.4 Å². The van der Waals surface area contributed by atoms with Gasteiger partial charge in [-0.05, 0) is 55.4 Å². The molecule has 2 aromatic heterocycles. The van der Waals surface area contributed by atoms with Crippen molar-refractivity contribution in [2.45, 2.75) is 52.5 Å². The molecular formula is C23H30ClN5. The van der Waals surface area contributed by atoms with Crippen LogP contribution in [0.2, 0.25) is 5.02 Å². The molecule has 29 heavy (non-hydrogen) atoms. The number of halogens is 1. The van der Waals surface area contributed by atoms with E-state index in [1.165, 1.54) is 16.6 Å². The first-order valence-electron chi connectivity index (χ1n) is 10.6. The Kier molecular flexibility index (Phi) is 5.43. The molecule has 0 amide bonds. The summed E-state index contributed by atoms with van der Waals surface area (Å²) in [5, 5.41) is 0.731. The van der Waals surface area contributed by atoms with Gasteiger partial charge in [0.25, 0.3) is 0 Å². The van der Waals surface area contributed by atoms with Crippen molar-refractivity contribution in [3.05, 3.63) is 40.5 Å². The van der Waals surface area contributed by atoms with E-state index in [2.05, 4.69) is 47.4 Å². The second kappa shape index (κ2) is 7.86. The van der Waals surface area contributed by atoms with E-state index in [-0.39, 0.29) is 0 Å². The van der Waals surface area contributed by atoms with Gasteiger partial charge in [-0.1, -0.05) is 31.5 Å². The molecule has 6 heteroatoms. The van der Waals surface area contributed by atoms with E-state index >= 15 is 0 Å². The van der Waals surface area contributed by atoms with Gasteiger partial charge < -0.3 is 14.4 Å². The number of nitrogens with zero attached hydrogens (tertiary/aromatic N) is 5. The molecule has 0 aliphatic carbocycles. The molecule has 0 saturated carbocycles. The van der Waals surface area contributed by atoms with Crippen LogP contribution in [0.3, 0.4) is 0 Å². The fourth-order valence-corrected chi connectivity index (χ4v) is 4.67. The molecule has 1 aliphatic heterocycles. The first-order valence-corrected chi connectivity index (χ1v) is 10.9. The maximum absolute atomic E-state index is 6.61. The van der Waals surface area contributed by atoms with Gasteiger partial charge in [0, 0.05) is 27.2 Å². The topological polar surface area (TPSA) is 37.2 Å². The molecule has 3 heterocycles. The molecule has 0 spiro atoms. The Balaban J connectivity index is 1.89. The van der Waals surface area contributed by atoms with Crippen LogP contribution in [0.5, 0.6) is 0 Å². The molecule has 0 N–H and O–H groups in total. The molecule has 0 bridgehead atoms. The molecule has 1 aliphatic rings. The Hall–Kier alpha value is -2.27. The van der Waals surface area contributed by atoms with Gasteiger partial charge in [-0.25, -0.2) is 9.97 Å². The Labute approximate surface area is 178 Å². The summed E-state index contributed by atoms with van der Waals surface area (Å²) >= 11 is 6.61. The van der Waals surface area contributed by atoms with Gasteiger partial charge in [-0.15, -0.1) is 0 Å². The van der Waals surface area contributed by atoms with Crippen LogP contribution in [0.1, 0.15) is 50.2 Å². The summed E-state index contributed by atoms with van der Waals surface area (Å²) in [4.78, 5) is 14.0. The van der Waals surface area contributed by atoms with Gasteiger partial charge in [0.1, 0.15) is 11.3 Å².